The molecular formula is C19H14N4OS. The van der Waals surface area contributed by atoms with Gasteiger partial charge in [-0.3, -0.25) is 4.98 Å². The molecule has 0 bridgehead atoms. The minimum Gasteiger partial charge on any atom is -0.384 e. The predicted octanol–water partition coefficient (Wildman–Crippen LogP) is 2.98. The summed E-state index contributed by atoms with van der Waals surface area (Å²) in [6.07, 6.45) is 1.69. The maximum atomic E-state index is 9.55. The summed E-state index contributed by atoms with van der Waals surface area (Å²) in [6, 6.07) is 11.5. The molecule has 25 heavy (non-hydrogen) atoms. The van der Waals surface area contributed by atoms with Gasteiger partial charge in [-0.15, -0.1) is 11.3 Å². The van der Waals surface area contributed by atoms with Crippen LogP contribution in [-0.2, 0) is 0 Å². The Morgan fingerprint density at radius 3 is 2.80 bits per heavy atom. The third-order valence-corrected chi connectivity index (χ3v) is 4.65. The predicted molar refractivity (Wildman–Crippen MR) is 98.6 cm³/mol. The molecule has 0 fully saturated rings. The number of rotatable bonds is 2. The fraction of sp³-hybridized carbons (Fsp3) is 0.105. The molecule has 0 aliphatic heterocycles. The molecule has 0 atom stereocenters. The van der Waals surface area contributed by atoms with Crippen molar-refractivity contribution in [1.82, 2.24) is 9.97 Å². The third kappa shape index (κ3) is 3.22. The third-order valence-electron chi connectivity index (χ3n) is 3.63. The molecule has 0 aliphatic carbocycles. The number of aliphatic hydroxyl groups is 1. The van der Waals surface area contributed by atoms with E-state index in [9.17, 15) is 5.26 Å². The first-order valence-corrected chi connectivity index (χ1v) is 8.29. The van der Waals surface area contributed by atoms with E-state index in [0.717, 1.165) is 20.9 Å². The van der Waals surface area contributed by atoms with E-state index in [1.54, 1.807) is 6.20 Å². The van der Waals surface area contributed by atoms with Crippen molar-refractivity contribution in [3.63, 3.8) is 0 Å². The van der Waals surface area contributed by atoms with Crippen molar-refractivity contribution in [2.75, 3.05) is 12.3 Å². The minimum absolute atomic E-state index is 0.181. The van der Waals surface area contributed by atoms with Crippen LogP contribution in [0.2, 0.25) is 0 Å². The van der Waals surface area contributed by atoms with Crippen molar-refractivity contribution in [2.24, 2.45) is 0 Å². The van der Waals surface area contributed by atoms with Crippen molar-refractivity contribution in [1.29, 1.82) is 5.26 Å². The Labute approximate surface area is 149 Å². The van der Waals surface area contributed by atoms with Crippen LogP contribution in [0.5, 0.6) is 0 Å². The van der Waals surface area contributed by atoms with Crippen LogP contribution in [-0.4, -0.2) is 21.7 Å². The van der Waals surface area contributed by atoms with Gasteiger partial charge in [0.1, 0.15) is 24.1 Å². The van der Waals surface area contributed by atoms with Crippen LogP contribution in [0.4, 0.5) is 5.82 Å². The number of aromatic nitrogens is 2. The van der Waals surface area contributed by atoms with Gasteiger partial charge in [-0.05, 0) is 36.8 Å². The second kappa shape index (κ2) is 7.14. The Morgan fingerprint density at radius 1 is 1.28 bits per heavy atom. The summed E-state index contributed by atoms with van der Waals surface area (Å²) in [5.41, 5.74) is 9.34. The molecule has 6 heteroatoms. The van der Waals surface area contributed by atoms with Crippen molar-refractivity contribution in [3.8, 4) is 39.7 Å². The quantitative estimate of drug-likeness (QED) is 0.696. The lowest BCUT2D eigenvalue weighted by atomic mass is 9.99. The molecular weight excluding hydrogens is 332 g/mol. The Morgan fingerprint density at radius 2 is 2.12 bits per heavy atom. The number of nitrogen functional groups attached to an aromatic ring is 1. The van der Waals surface area contributed by atoms with Gasteiger partial charge in [-0.25, -0.2) is 4.98 Å². The fourth-order valence-corrected chi connectivity index (χ4v) is 3.52. The molecule has 0 saturated carbocycles. The molecule has 0 aliphatic rings. The van der Waals surface area contributed by atoms with Gasteiger partial charge in [0.15, 0.2) is 0 Å². The maximum absolute atomic E-state index is 9.55. The number of nitrogens with two attached hydrogens (primary N) is 1. The topological polar surface area (TPSA) is 95.8 Å². The van der Waals surface area contributed by atoms with E-state index in [2.05, 4.69) is 27.9 Å². The van der Waals surface area contributed by atoms with E-state index in [-0.39, 0.29) is 12.4 Å². The molecule has 0 amide bonds. The molecule has 0 radical (unpaired) electrons. The Kier molecular flexibility index (Phi) is 4.76. The number of nitriles is 1. The Bertz CT molecular complexity index is 1020. The zero-order chi connectivity index (χ0) is 17.8. The Balaban J connectivity index is 2.23. The lowest BCUT2D eigenvalue weighted by Crippen LogP contribution is -2.03. The highest BCUT2D eigenvalue weighted by Gasteiger charge is 2.19. The smallest absolute Gasteiger partial charge is 0.142 e. The molecule has 3 heterocycles. The SMILES string of the molecule is Cc1c(-c2ccccn2)nc(N)c(C#N)c1-c1ccc(C#CCO)s1. The first-order chi connectivity index (χ1) is 12.2. The van der Waals surface area contributed by atoms with Gasteiger partial charge in [-0.1, -0.05) is 17.9 Å². The molecule has 3 aromatic rings. The van der Waals surface area contributed by atoms with Gasteiger partial charge in [0.05, 0.1) is 16.3 Å². The highest BCUT2D eigenvalue weighted by atomic mass is 32.1. The summed E-state index contributed by atoms with van der Waals surface area (Å²) in [7, 11) is 0. The molecule has 0 aromatic carbocycles. The van der Waals surface area contributed by atoms with Crippen LogP contribution < -0.4 is 5.73 Å². The first kappa shape index (κ1) is 16.7. The maximum Gasteiger partial charge on any atom is 0.142 e. The van der Waals surface area contributed by atoms with Gasteiger partial charge in [0, 0.05) is 16.6 Å². The summed E-state index contributed by atoms with van der Waals surface area (Å²) in [4.78, 5) is 10.4. The average molecular weight is 346 g/mol. The molecule has 0 saturated heterocycles. The zero-order valence-electron chi connectivity index (χ0n) is 13.4. The number of hydrogen-bond acceptors (Lipinski definition) is 6. The largest absolute Gasteiger partial charge is 0.384 e. The van der Waals surface area contributed by atoms with Crippen LogP contribution in [0.1, 0.15) is 16.0 Å². The van der Waals surface area contributed by atoms with Gasteiger partial charge < -0.3 is 10.8 Å². The van der Waals surface area contributed by atoms with E-state index in [4.69, 9.17) is 10.8 Å². The van der Waals surface area contributed by atoms with Crippen LogP contribution in [0.15, 0.2) is 36.5 Å². The lowest BCUT2D eigenvalue weighted by Gasteiger charge is -2.13. The standard InChI is InChI=1S/C19H14N4OS/c1-12-17(16-8-7-13(25-16)5-4-10-24)14(11-20)19(21)23-18(12)15-6-2-3-9-22-15/h2-3,6-9,24H,10H2,1H3,(H2,21,23). The summed E-state index contributed by atoms with van der Waals surface area (Å²) >= 11 is 1.44. The van der Waals surface area contributed by atoms with Gasteiger partial charge in [0.25, 0.3) is 0 Å². The average Bonchev–Trinajstić information content (AvgIpc) is 3.10. The van der Waals surface area contributed by atoms with E-state index in [0.29, 0.717) is 17.0 Å². The molecule has 0 unspecified atom stereocenters. The van der Waals surface area contributed by atoms with Crippen LogP contribution in [0, 0.1) is 30.1 Å². The van der Waals surface area contributed by atoms with Gasteiger partial charge in [0.2, 0.25) is 0 Å². The number of anilines is 1. The summed E-state index contributed by atoms with van der Waals surface area (Å²) < 4.78 is 0. The number of hydrogen-bond donors (Lipinski definition) is 2. The second-order valence-corrected chi connectivity index (χ2v) is 6.25. The van der Waals surface area contributed by atoms with Gasteiger partial charge >= 0.3 is 0 Å². The van der Waals surface area contributed by atoms with E-state index in [1.807, 2.05) is 37.3 Å². The van der Waals surface area contributed by atoms with Crippen molar-refractivity contribution < 1.29 is 5.11 Å². The highest BCUT2D eigenvalue weighted by molar-refractivity contribution is 7.16. The molecule has 3 N–H and O–H groups in total. The summed E-state index contributed by atoms with van der Waals surface area (Å²) in [5.74, 6) is 5.68. The summed E-state index contributed by atoms with van der Waals surface area (Å²) in [6.45, 7) is 1.72. The molecule has 3 rings (SSSR count). The molecule has 3 aromatic heterocycles. The molecule has 5 nitrogen and oxygen atoms in total. The molecule has 122 valence electrons. The van der Waals surface area contributed by atoms with Crippen LogP contribution in [0.25, 0.3) is 21.8 Å². The van der Waals surface area contributed by atoms with E-state index in [1.165, 1.54) is 11.3 Å². The van der Waals surface area contributed by atoms with Crippen LogP contribution in [0.3, 0.4) is 0 Å². The minimum atomic E-state index is -0.193. The summed E-state index contributed by atoms with van der Waals surface area (Å²) in [5, 5.41) is 18.4. The zero-order valence-corrected chi connectivity index (χ0v) is 14.3. The fourth-order valence-electron chi connectivity index (χ4n) is 2.53. The normalized spacial score (nSPS) is 9.96. The second-order valence-electron chi connectivity index (χ2n) is 5.17. The first-order valence-electron chi connectivity index (χ1n) is 7.47. The van der Waals surface area contributed by atoms with Gasteiger partial charge in [-0.2, -0.15) is 5.26 Å². The van der Waals surface area contributed by atoms with Crippen molar-refractivity contribution in [3.05, 3.63) is 52.5 Å². The monoisotopic (exact) mass is 346 g/mol. The Hall–Kier alpha value is -3.19. The highest BCUT2D eigenvalue weighted by Crippen LogP contribution is 2.38. The number of pyridine rings is 2. The molecule has 0 spiro atoms. The van der Waals surface area contributed by atoms with E-state index < -0.39 is 0 Å². The van der Waals surface area contributed by atoms with E-state index >= 15 is 0 Å². The number of thiophene rings is 1. The van der Waals surface area contributed by atoms with Crippen molar-refractivity contribution in [2.45, 2.75) is 6.92 Å². The number of nitrogens with zero attached hydrogens (tertiary/aromatic N) is 3. The van der Waals surface area contributed by atoms with Crippen LogP contribution >= 0.6 is 11.3 Å². The number of aliphatic hydroxyl groups excluding tert-OH is 1. The lowest BCUT2D eigenvalue weighted by molar-refractivity contribution is 0.350. The van der Waals surface area contributed by atoms with Crippen molar-refractivity contribution >= 4 is 17.2 Å².